The van der Waals surface area contributed by atoms with Gasteiger partial charge in [0.25, 0.3) is 0 Å². The number of hydrogen-bond acceptors (Lipinski definition) is 5. The van der Waals surface area contributed by atoms with Gasteiger partial charge in [-0.15, -0.1) is 0 Å². The fraction of sp³-hybridized carbons (Fsp3) is 0.727. The van der Waals surface area contributed by atoms with Crippen LogP contribution < -0.4 is 5.73 Å². The van der Waals surface area contributed by atoms with E-state index in [0.29, 0.717) is 32.0 Å². The van der Waals surface area contributed by atoms with Gasteiger partial charge >= 0.3 is 0 Å². The van der Waals surface area contributed by atoms with Gasteiger partial charge in [0.1, 0.15) is 17.7 Å². The summed E-state index contributed by atoms with van der Waals surface area (Å²) in [4.78, 5) is 2.30. The molecule has 1 aromatic carbocycles. The summed E-state index contributed by atoms with van der Waals surface area (Å²) < 4.78 is 61.8. The van der Waals surface area contributed by atoms with Crippen molar-refractivity contribution in [3.8, 4) is 0 Å². The molecule has 31 heavy (non-hydrogen) atoms. The van der Waals surface area contributed by atoms with Crippen LogP contribution in [0.4, 0.5) is 8.78 Å². The van der Waals surface area contributed by atoms with E-state index in [1.54, 1.807) is 4.31 Å². The van der Waals surface area contributed by atoms with Gasteiger partial charge in [-0.3, -0.25) is 4.90 Å². The summed E-state index contributed by atoms with van der Waals surface area (Å²) in [5.74, 6) is -0.681. The Labute approximate surface area is 182 Å². The van der Waals surface area contributed by atoms with E-state index in [0.717, 1.165) is 56.8 Å². The highest BCUT2D eigenvalue weighted by molar-refractivity contribution is 7.89. The summed E-state index contributed by atoms with van der Waals surface area (Å²) in [7, 11) is -3.24. The van der Waals surface area contributed by atoms with Gasteiger partial charge in [-0.1, -0.05) is 12.8 Å². The number of ether oxygens (including phenoxy) is 1. The molecule has 3 heterocycles. The number of nitrogens with zero attached hydrogens (tertiary/aromatic N) is 2. The van der Waals surface area contributed by atoms with Crippen LogP contribution in [0.1, 0.15) is 50.2 Å². The summed E-state index contributed by atoms with van der Waals surface area (Å²) in [6.45, 7) is 2.53. The minimum atomic E-state index is -3.24. The third kappa shape index (κ3) is 3.93. The van der Waals surface area contributed by atoms with Crippen molar-refractivity contribution in [2.45, 2.75) is 68.0 Å². The molecule has 4 fully saturated rings. The Morgan fingerprint density at radius 2 is 1.87 bits per heavy atom. The molecule has 3 saturated heterocycles. The highest BCUT2D eigenvalue weighted by atomic mass is 32.2. The van der Waals surface area contributed by atoms with Crippen LogP contribution in [0, 0.1) is 17.6 Å². The van der Waals surface area contributed by atoms with Crippen molar-refractivity contribution in [1.82, 2.24) is 9.21 Å². The minimum Gasteiger partial charge on any atom is -0.370 e. The molecule has 0 aromatic heterocycles. The summed E-state index contributed by atoms with van der Waals surface area (Å²) in [6, 6.07) is 2.99. The fourth-order valence-electron chi connectivity index (χ4n) is 6.10. The molecule has 0 radical (unpaired) electrons. The summed E-state index contributed by atoms with van der Waals surface area (Å²) in [6.07, 6.45) is 4.39. The van der Waals surface area contributed by atoms with Crippen LogP contribution in [0.15, 0.2) is 18.2 Å². The van der Waals surface area contributed by atoms with E-state index in [9.17, 15) is 17.2 Å². The van der Waals surface area contributed by atoms with Gasteiger partial charge in [0.2, 0.25) is 10.0 Å². The Kier molecular flexibility index (Phi) is 5.83. The number of halogens is 2. The van der Waals surface area contributed by atoms with E-state index in [1.807, 2.05) is 0 Å². The van der Waals surface area contributed by atoms with Crippen molar-refractivity contribution in [3.63, 3.8) is 0 Å². The van der Waals surface area contributed by atoms with Crippen LogP contribution in [-0.4, -0.2) is 67.2 Å². The molecule has 1 aromatic rings. The molecule has 1 aliphatic carbocycles. The first-order valence-corrected chi connectivity index (χ1v) is 12.9. The average molecular weight is 456 g/mol. The SMILES string of the molecule is N[C@H]1C[C@@H](N2CC3CCN(S(=O)(=O)C4CCCC4)C3C2)CO[C@@H]1c1cc(F)ccc1F. The molecule has 0 bridgehead atoms. The van der Waals surface area contributed by atoms with Crippen LogP contribution in [0.3, 0.4) is 0 Å². The number of fused-ring (bicyclic) bond motifs is 1. The summed E-state index contributed by atoms with van der Waals surface area (Å²) >= 11 is 0. The molecule has 9 heteroatoms. The van der Waals surface area contributed by atoms with Gasteiger partial charge < -0.3 is 10.5 Å². The number of rotatable bonds is 4. The maximum atomic E-state index is 14.2. The zero-order valence-electron chi connectivity index (χ0n) is 17.6. The zero-order chi connectivity index (χ0) is 21.8. The zero-order valence-corrected chi connectivity index (χ0v) is 18.4. The van der Waals surface area contributed by atoms with Gasteiger partial charge in [0.05, 0.1) is 11.9 Å². The number of sulfonamides is 1. The van der Waals surface area contributed by atoms with Gasteiger partial charge in [-0.05, 0) is 49.8 Å². The monoisotopic (exact) mass is 455 g/mol. The first kappa shape index (κ1) is 21.7. The molecule has 0 amide bonds. The molecule has 172 valence electrons. The first-order valence-electron chi connectivity index (χ1n) is 11.4. The highest BCUT2D eigenvalue weighted by Crippen LogP contribution is 2.40. The quantitative estimate of drug-likeness (QED) is 0.755. The lowest BCUT2D eigenvalue weighted by Crippen LogP contribution is -2.50. The third-order valence-corrected chi connectivity index (χ3v) is 10.2. The maximum Gasteiger partial charge on any atom is 0.217 e. The molecule has 5 atom stereocenters. The molecular formula is C22H31F2N3O3S. The first-order chi connectivity index (χ1) is 14.8. The Bertz CT molecular complexity index is 925. The number of benzene rings is 1. The number of hydrogen-bond donors (Lipinski definition) is 1. The molecule has 2 N–H and O–H groups in total. The van der Waals surface area contributed by atoms with Gasteiger partial charge in [-0.25, -0.2) is 17.2 Å². The lowest BCUT2D eigenvalue weighted by atomic mass is 9.93. The second-order valence-electron chi connectivity index (χ2n) is 9.61. The molecular weight excluding hydrogens is 424 g/mol. The van der Waals surface area contributed by atoms with Crippen molar-refractivity contribution in [2.24, 2.45) is 11.7 Å². The molecule has 4 aliphatic rings. The Morgan fingerprint density at radius 1 is 1.10 bits per heavy atom. The smallest absolute Gasteiger partial charge is 0.217 e. The van der Waals surface area contributed by atoms with Gasteiger partial charge in [0, 0.05) is 43.3 Å². The Hall–Kier alpha value is -1.13. The second kappa shape index (κ2) is 8.33. The predicted octanol–water partition coefficient (Wildman–Crippen LogP) is 2.40. The van der Waals surface area contributed by atoms with Crippen molar-refractivity contribution < 1.29 is 21.9 Å². The lowest BCUT2D eigenvalue weighted by molar-refractivity contribution is -0.0485. The van der Waals surface area contributed by atoms with E-state index in [-0.39, 0.29) is 22.9 Å². The van der Waals surface area contributed by atoms with Crippen molar-refractivity contribution >= 4 is 10.0 Å². The number of likely N-dealkylation sites (tertiary alicyclic amines) is 1. The number of nitrogens with two attached hydrogens (primary N) is 1. The Morgan fingerprint density at radius 3 is 2.61 bits per heavy atom. The van der Waals surface area contributed by atoms with Crippen LogP contribution in [-0.2, 0) is 14.8 Å². The maximum absolute atomic E-state index is 14.2. The van der Waals surface area contributed by atoms with E-state index in [4.69, 9.17) is 10.5 Å². The second-order valence-corrected chi connectivity index (χ2v) is 11.8. The summed E-state index contributed by atoms with van der Waals surface area (Å²) in [5.41, 5.74) is 6.50. The fourth-order valence-corrected chi connectivity index (χ4v) is 8.39. The van der Waals surface area contributed by atoms with Crippen LogP contribution in [0.5, 0.6) is 0 Å². The van der Waals surface area contributed by atoms with Crippen molar-refractivity contribution in [2.75, 3.05) is 26.2 Å². The van der Waals surface area contributed by atoms with Crippen LogP contribution >= 0.6 is 0 Å². The molecule has 5 rings (SSSR count). The normalized spacial score (nSPS) is 35.6. The summed E-state index contributed by atoms with van der Waals surface area (Å²) in [5, 5.41) is -0.214. The molecule has 6 nitrogen and oxygen atoms in total. The average Bonchev–Trinajstić information content (AvgIpc) is 3.47. The van der Waals surface area contributed by atoms with E-state index in [2.05, 4.69) is 4.90 Å². The molecule has 1 saturated carbocycles. The third-order valence-electron chi connectivity index (χ3n) is 7.76. The standard InChI is InChI=1S/C22H31F2N3O3S/c23-15-5-6-19(24)18(9-15)22-20(25)10-16(13-30-22)26-11-14-7-8-27(21(14)12-26)31(28,29)17-3-1-2-4-17/h5-6,9,14,16-17,20-22H,1-4,7-8,10-13,25H2/t14?,16-,20+,21?,22-/m1/s1. The minimum absolute atomic E-state index is 0.0280. The van der Waals surface area contributed by atoms with Gasteiger partial charge in [-0.2, -0.15) is 4.31 Å². The van der Waals surface area contributed by atoms with Gasteiger partial charge in [0.15, 0.2) is 0 Å². The lowest BCUT2D eigenvalue weighted by Gasteiger charge is -2.39. The predicted molar refractivity (Wildman–Crippen MR) is 113 cm³/mol. The molecule has 2 unspecified atom stereocenters. The van der Waals surface area contributed by atoms with Crippen LogP contribution in [0.25, 0.3) is 0 Å². The highest BCUT2D eigenvalue weighted by Gasteiger charge is 2.50. The molecule has 0 spiro atoms. The molecule has 3 aliphatic heterocycles. The largest absolute Gasteiger partial charge is 0.370 e. The van der Waals surface area contributed by atoms with E-state index >= 15 is 0 Å². The van der Waals surface area contributed by atoms with E-state index in [1.165, 1.54) is 0 Å². The Balaban J connectivity index is 1.25. The topological polar surface area (TPSA) is 75.9 Å². The van der Waals surface area contributed by atoms with E-state index < -0.39 is 33.8 Å². The van der Waals surface area contributed by atoms with Crippen LogP contribution in [0.2, 0.25) is 0 Å². The van der Waals surface area contributed by atoms with Crippen molar-refractivity contribution in [3.05, 3.63) is 35.4 Å². The van der Waals surface area contributed by atoms with Crippen molar-refractivity contribution in [1.29, 1.82) is 0 Å².